The predicted octanol–water partition coefficient (Wildman–Crippen LogP) is 1.51. The summed E-state index contributed by atoms with van der Waals surface area (Å²) in [6.45, 7) is 7.22. The quantitative estimate of drug-likeness (QED) is 0.819. The Morgan fingerprint density at radius 2 is 2.00 bits per heavy atom. The lowest BCUT2D eigenvalue weighted by atomic mass is 10.0. The molecule has 20 heavy (non-hydrogen) atoms. The molecule has 0 saturated carbocycles. The van der Waals surface area contributed by atoms with E-state index in [1.54, 1.807) is 6.20 Å². The smallest absolute Gasteiger partial charge is 0.410 e. The maximum absolute atomic E-state index is 11.6. The second kappa shape index (κ2) is 5.26. The normalized spacial score (nSPS) is 20.4. The van der Waals surface area contributed by atoms with Gasteiger partial charge in [-0.1, -0.05) is 0 Å². The first-order chi connectivity index (χ1) is 9.66. The molecule has 1 aromatic rings. The number of hydrogen-bond donors (Lipinski definition) is 0. The maximum atomic E-state index is 11.6. The molecule has 0 atom stereocenters. The van der Waals surface area contributed by atoms with Gasteiger partial charge < -0.3 is 14.5 Å². The average molecular weight is 276 g/mol. The van der Waals surface area contributed by atoms with E-state index in [0.717, 1.165) is 38.3 Å². The van der Waals surface area contributed by atoms with Gasteiger partial charge in [-0.05, 0) is 37.8 Å². The third kappa shape index (κ3) is 2.30. The standard InChI is InChI=1S/C14H20N4O2/c1-10-9-15-16-13(11(10)2)17-5-3-12(4-6-17)18-7-8-20-14(18)19/h9,12H,3-8H2,1-2H3. The monoisotopic (exact) mass is 276 g/mol. The molecular weight excluding hydrogens is 256 g/mol. The van der Waals surface area contributed by atoms with Crippen LogP contribution >= 0.6 is 0 Å². The molecule has 6 nitrogen and oxygen atoms in total. The molecule has 0 aromatic carbocycles. The SMILES string of the molecule is Cc1cnnc(N2CCC(N3CCOC3=O)CC2)c1C. The Morgan fingerprint density at radius 1 is 1.25 bits per heavy atom. The number of rotatable bonds is 2. The van der Waals surface area contributed by atoms with Crippen molar-refractivity contribution in [3.8, 4) is 0 Å². The highest BCUT2D eigenvalue weighted by molar-refractivity contribution is 5.69. The number of aryl methyl sites for hydroxylation is 1. The molecule has 3 rings (SSSR count). The van der Waals surface area contributed by atoms with Gasteiger partial charge in [-0.25, -0.2) is 4.79 Å². The van der Waals surface area contributed by atoms with Gasteiger partial charge >= 0.3 is 6.09 Å². The summed E-state index contributed by atoms with van der Waals surface area (Å²) in [5, 5.41) is 8.32. The number of aromatic nitrogens is 2. The largest absolute Gasteiger partial charge is 0.448 e. The van der Waals surface area contributed by atoms with Gasteiger partial charge in [0.1, 0.15) is 6.61 Å². The van der Waals surface area contributed by atoms with Gasteiger partial charge in [0.15, 0.2) is 5.82 Å². The van der Waals surface area contributed by atoms with Crippen LogP contribution in [-0.2, 0) is 4.74 Å². The van der Waals surface area contributed by atoms with Crippen molar-refractivity contribution in [2.45, 2.75) is 32.7 Å². The number of cyclic esters (lactones) is 1. The summed E-state index contributed by atoms with van der Waals surface area (Å²) < 4.78 is 5.02. The van der Waals surface area contributed by atoms with Gasteiger partial charge in [-0.15, -0.1) is 5.10 Å². The Balaban J connectivity index is 1.66. The summed E-state index contributed by atoms with van der Waals surface area (Å²) in [4.78, 5) is 15.7. The van der Waals surface area contributed by atoms with E-state index in [1.165, 1.54) is 11.1 Å². The minimum atomic E-state index is -0.157. The van der Waals surface area contributed by atoms with E-state index in [4.69, 9.17) is 4.74 Å². The summed E-state index contributed by atoms with van der Waals surface area (Å²) in [5.41, 5.74) is 2.36. The highest BCUT2D eigenvalue weighted by atomic mass is 16.6. The Morgan fingerprint density at radius 3 is 2.65 bits per heavy atom. The van der Waals surface area contributed by atoms with Gasteiger partial charge in [-0.2, -0.15) is 5.10 Å². The molecule has 2 aliphatic heterocycles. The van der Waals surface area contributed by atoms with Gasteiger partial charge in [0.25, 0.3) is 0 Å². The van der Waals surface area contributed by atoms with Gasteiger partial charge in [-0.3, -0.25) is 0 Å². The summed E-state index contributed by atoms with van der Waals surface area (Å²) in [6, 6.07) is 0.305. The number of amides is 1. The zero-order valence-corrected chi connectivity index (χ0v) is 12.0. The maximum Gasteiger partial charge on any atom is 0.410 e. The number of nitrogens with zero attached hydrogens (tertiary/aromatic N) is 4. The van der Waals surface area contributed by atoms with Crippen LogP contribution in [0, 0.1) is 13.8 Å². The van der Waals surface area contributed by atoms with E-state index in [1.807, 2.05) is 4.90 Å². The van der Waals surface area contributed by atoms with Crippen LogP contribution in [0.15, 0.2) is 6.20 Å². The fraction of sp³-hybridized carbons (Fsp3) is 0.643. The van der Waals surface area contributed by atoms with E-state index < -0.39 is 0 Å². The topological polar surface area (TPSA) is 58.6 Å². The minimum absolute atomic E-state index is 0.157. The molecule has 3 heterocycles. The molecular formula is C14H20N4O2. The summed E-state index contributed by atoms with van der Waals surface area (Å²) in [5.74, 6) is 0.979. The van der Waals surface area contributed by atoms with Crippen LogP contribution in [0.4, 0.5) is 10.6 Å². The van der Waals surface area contributed by atoms with Crippen molar-refractivity contribution in [3.05, 3.63) is 17.3 Å². The van der Waals surface area contributed by atoms with Crippen LogP contribution in [0.25, 0.3) is 0 Å². The molecule has 2 fully saturated rings. The molecule has 2 saturated heterocycles. The third-order valence-corrected chi connectivity index (χ3v) is 4.33. The van der Waals surface area contributed by atoms with Gasteiger partial charge in [0.2, 0.25) is 0 Å². The number of carbonyl (C=O) groups excluding carboxylic acids is 1. The zero-order chi connectivity index (χ0) is 14.1. The molecule has 0 N–H and O–H groups in total. The summed E-state index contributed by atoms with van der Waals surface area (Å²) in [7, 11) is 0. The van der Waals surface area contributed by atoms with E-state index >= 15 is 0 Å². The first-order valence-electron chi connectivity index (χ1n) is 7.14. The first-order valence-corrected chi connectivity index (χ1v) is 7.14. The second-order valence-electron chi connectivity index (χ2n) is 5.50. The second-order valence-corrected chi connectivity index (χ2v) is 5.50. The molecule has 1 aromatic heterocycles. The molecule has 0 aliphatic carbocycles. The molecule has 108 valence electrons. The van der Waals surface area contributed by atoms with Crippen molar-refractivity contribution in [1.82, 2.24) is 15.1 Å². The van der Waals surface area contributed by atoms with Crippen molar-refractivity contribution in [2.24, 2.45) is 0 Å². The highest BCUT2D eigenvalue weighted by Gasteiger charge is 2.32. The lowest BCUT2D eigenvalue weighted by Crippen LogP contribution is -2.45. The number of hydrogen-bond acceptors (Lipinski definition) is 5. The Hall–Kier alpha value is -1.85. The van der Waals surface area contributed by atoms with E-state index in [0.29, 0.717) is 12.6 Å². The fourth-order valence-electron chi connectivity index (χ4n) is 2.95. The van der Waals surface area contributed by atoms with E-state index in [-0.39, 0.29) is 6.09 Å². The lowest BCUT2D eigenvalue weighted by Gasteiger charge is -2.36. The van der Waals surface area contributed by atoms with Crippen LogP contribution in [0.2, 0.25) is 0 Å². The van der Waals surface area contributed by atoms with E-state index in [2.05, 4.69) is 28.9 Å². The lowest BCUT2D eigenvalue weighted by molar-refractivity contribution is 0.142. The highest BCUT2D eigenvalue weighted by Crippen LogP contribution is 2.25. The Bertz CT molecular complexity index is 512. The molecule has 0 bridgehead atoms. The number of carbonyl (C=O) groups is 1. The third-order valence-electron chi connectivity index (χ3n) is 4.33. The molecule has 1 amide bonds. The predicted molar refractivity (Wildman–Crippen MR) is 74.8 cm³/mol. The van der Waals surface area contributed by atoms with Crippen LogP contribution in [0.3, 0.4) is 0 Å². The average Bonchev–Trinajstić information content (AvgIpc) is 2.88. The van der Waals surface area contributed by atoms with Crippen molar-refractivity contribution in [2.75, 3.05) is 31.1 Å². The molecule has 0 unspecified atom stereocenters. The van der Waals surface area contributed by atoms with Crippen LogP contribution in [0.1, 0.15) is 24.0 Å². The van der Waals surface area contributed by atoms with Crippen molar-refractivity contribution >= 4 is 11.9 Å². The van der Waals surface area contributed by atoms with Crippen molar-refractivity contribution in [1.29, 1.82) is 0 Å². The van der Waals surface area contributed by atoms with E-state index in [9.17, 15) is 4.79 Å². The van der Waals surface area contributed by atoms with Gasteiger partial charge in [0, 0.05) is 19.1 Å². The minimum Gasteiger partial charge on any atom is -0.448 e. The Kier molecular flexibility index (Phi) is 3.46. The molecule has 2 aliphatic rings. The van der Waals surface area contributed by atoms with Crippen molar-refractivity contribution in [3.63, 3.8) is 0 Å². The number of ether oxygens (including phenoxy) is 1. The van der Waals surface area contributed by atoms with Crippen LogP contribution in [0.5, 0.6) is 0 Å². The molecule has 0 spiro atoms. The molecule has 6 heteroatoms. The molecule has 0 radical (unpaired) electrons. The Labute approximate surface area is 118 Å². The number of anilines is 1. The number of piperidine rings is 1. The summed E-state index contributed by atoms with van der Waals surface area (Å²) in [6.07, 6.45) is 3.56. The van der Waals surface area contributed by atoms with Crippen LogP contribution in [-0.4, -0.2) is 53.5 Å². The van der Waals surface area contributed by atoms with Crippen molar-refractivity contribution < 1.29 is 9.53 Å². The zero-order valence-electron chi connectivity index (χ0n) is 12.0. The van der Waals surface area contributed by atoms with Gasteiger partial charge in [0.05, 0.1) is 12.7 Å². The summed E-state index contributed by atoms with van der Waals surface area (Å²) >= 11 is 0. The fourth-order valence-corrected chi connectivity index (χ4v) is 2.95. The van der Waals surface area contributed by atoms with Crippen LogP contribution < -0.4 is 4.90 Å². The first kappa shape index (κ1) is 13.1.